The second-order valence-electron chi connectivity index (χ2n) is 6.55. The molecule has 11 heteroatoms. The Morgan fingerprint density at radius 2 is 2.03 bits per heavy atom. The van der Waals surface area contributed by atoms with Gasteiger partial charge in [0.25, 0.3) is 0 Å². The van der Waals surface area contributed by atoms with Crippen LogP contribution >= 0.6 is 0 Å². The molecule has 1 fully saturated rings. The van der Waals surface area contributed by atoms with Crippen LogP contribution < -0.4 is 11.4 Å². The van der Waals surface area contributed by atoms with Gasteiger partial charge < -0.3 is 25.1 Å². The Labute approximate surface area is 170 Å². The Kier molecular flexibility index (Phi) is 6.43. The van der Waals surface area contributed by atoms with Crippen molar-refractivity contribution in [3.05, 3.63) is 58.1 Å². The molecule has 1 aromatic carbocycles. The quantitative estimate of drug-likeness (QED) is 0.631. The summed E-state index contributed by atoms with van der Waals surface area (Å²) in [5.74, 6) is -1.64. The molecule has 0 radical (unpaired) electrons. The van der Waals surface area contributed by atoms with Gasteiger partial charge in [-0.2, -0.15) is 4.98 Å². The molecule has 0 bridgehead atoms. The molecule has 3 rings (SSSR count). The van der Waals surface area contributed by atoms with Gasteiger partial charge in [-0.1, -0.05) is 18.2 Å². The molecule has 0 spiro atoms. The largest absolute Gasteiger partial charge is 0.459 e. The molecule has 0 aliphatic carbocycles. The summed E-state index contributed by atoms with van der Waals surface area (Å²) in [4.78, 5) is 39.3. The summed E-state index contributed by atoms with van der Waals surface area (Å²) in [6, 6.07) is 8.11. The number of alkyl halides is 1. The molecular formula is C19H20FN3O7. The number of carbonyl (C=O) groups is 2. The first-order valence-corrected chi connectivity index (χ1v) is 8.99. The highest BCUT2D eigenvalue weighted by Crippen LogP contribution is 2.33. The maximum atomic E-state index is 15.1. The minimum absolute atomic E-state index is 0.0911. The summed E-state index contributed by atoms with van der Waals surface area (Å²) in [5, 5.41) is 9.32. The predicted molar refractivity (Wildman–Crippen MR) is 99.9 cm³/mol. The van der Waals surface area contributed by atoms with Gasteiger partial charge in [-0.15, -0.1) is 0 Å². The number of hydrogen-bond donors (Lipinski definition) is 2. The fourth-order valence-electron chi connectivity index (χ4n) is 3.03. The number of esters is 2. The fraction of sp³-hybridized carbons (Fsp3) is 0.368. The van der Waals surface area contributed by atoms with Gasteiger partial charge >= 0.3 is 17.6 Å². The van der Waals surface area contributed by atoms with E-state index >= 15 is 4.39 Å². The Morgan fingerprint density at radius 3 is 2.67 bits per heavy atom. The minimum Gasteiger partial charge on any atom is -0.459 e. The van der Waals surface area contributed by atoms with Crippen molar-refractivity contribution in [2.45, 2.75) is 38.1 Å². The molecular weight excluding hydrogens is 401 g/mol. The van der Waals surface area contributed by atoms with Crippen molar-refractivity contribution in [3.63, 3.8) is 0 Å². The van der Waals surface area contributed by atoms with Gasteiger partial charge in [0.2, 0.25) is 0 Å². The molecule has 2 aromatic rings. The number of nitrogens with zero attached hydrogens (tertiary/aromatic N) is 2. The van der Waals surface area contributed by atoms with Crippen LogP contribution in [0.2, 0.25) is 0 Å². The number of nitrogens with two attached hydrogens (primary N) is 1. The summed E-state index contributed by atoms with van der Waals surface area (Å²) < 4.78 is 31.6. The van der Waals surface area contributed by atoms with Gasteiger partial charge in [-0.3, -0.25) is 9.36 Å². The van der Waals surface area contributed by atoms with E-state index in [0.29, 0.717) is 0 Å². The van der Waals surface area contributed by atoms with Crippen molar-refractivity contribution in [1.29, 1.82) is 0 Å². The van der Waals surface area contributed by atoms with Gasteiger partial charge in [0, 0.05) is 18.7 Å². The molecule has 160 valence electrons. The van der Waals surface area contributed by atoms with Crippen molar-refractivity contribution >= 4 is 17.8 Å². The topological polar surface area (TPSA) is 143 Å². The van der Waals surface area contributed by atoms with E-state index in [0.717, 1.165) is 17.7 Å². The van der Waals surface area contributed by atoms with E-state index in [-0.39, 0.29) is 16.9 Å². The third-order valence-electron chi connectivity index (χ3n) is 4.46. The predicted octanol–water partition coefficient (Wildman–Crippen LogP) is 0.342. The third-order valence-corrected chi connectivity index (χ3v) is 4.46. The first-order valence-electron chi connectivity index (χ1n) is 8.99. The number of aromatic nitrogens is 2. The number of rotatable bonds is 6. The molecule has 0 unspecified atom stereocenters. The van der Waals surface area contributed by atoms with Crippen LogP contribution in [0, 0.1) is 0 Å². The summed E-state index contributed by atoms with van der Waals surface area (Å²) in [7, 11) is 0. The van der Waals surface area contributed by atoms with Gasteiger partial charge in [0.1, 0.15) is 18.5 Å². The summed E-state index contributed by atoms with van der Waals surface area (Å²) in [6.07, 6.45) is -4.99. The average molecular weight is 421 g/mol. The number of nitrogen functional groups attached to an aromatic ring is 1. The van der Waals surface area contributed by atoms with Crippen molar-refractivity contribution in [2.75, 3.05) is 12.3 Å². The molecule has 1 aromatic heterocycles. The maximum Gasteiger partial charge on any atom is 0.351 e. The van der Waals surface area contributed by atoms with Crippen molar-refractivity contribution < 1.29 is 33.3 Å². The van der Waals surface area contributed by atoms with E-state index in [2.05, 4.69) is 4.98 Å². The Balaban J connectivity index is 1.82. The highest BCUT2D eigenvalue weighted by molar-refractivity contribution is 5.89. The van der Waals surface area contributed by atoms with E-state index in [1.165, 1.54) is 12.1 Å². The van der Waals surface area contributed by atoms with Crippen LogP contribution in [0.3, 0.4) is 0 Å². The molecule has 1 saturated heterocycles. The number of halogens is 1. The van der Waals surface area contributed by atoms with Crippen LogP contribution in [0.4, 0.5) is 10.2 Å². The van der Waals surface area contributed by atoms with E-state index in [1.54, 1.807) is 18.2 Å². The monoisotopic (exact) mass is 421 g/mol. The molecule has 4 atom stereocenters. The van der Waals surface area contributed by atoms with E-state index in [1.807, 2.05) is 0 Å². The van der Waals surface area contributed by atoms with E-state index in [9.17, 15) is 19.5 Å². The van der Waals surface area contributed by atoms with Crippen LogP contribution in [0.1, 0.15) is 29.1 Å². The lowest BCUT2D eigenvalue weighted by Crippen LogP contribution is -2.37. The Bertz CT molecular complexity index is 982. The molecule has 2 heterocycles. The number of anilines is 1. The van der Waals surface area contributed by atoms with E-state index in [4.69, 9.17) is 19.9 Å². The molecule has 3 N–H and O–H groups in total. The second-order valence-corrected chi connectivity index (χ2v) is 6.55. The Hall–Kier alpha value is -3.31. The number of carbonyl (C=O) groups excluding carboxylic acids is 2. The van der Waals surface area contributed by atoms with Crippen LogP contribution in [-0.2, 0) is 25.6 Å². The first-order chi connectivity index (χ1) is 14.3. The highest BCUT2D eigenvalue weighted by Gasteiger charge is 2.49. The highest BCUT2D eigenvalue weighted by atomic mass is 19.1. The Morgan fingerprint density at radius 1 is 1.33 bits per heavy atom. The third kappa shape index (κ3) is 4.47. The van der Waals surface area contributed by atoms with Gasteiger partial charge in [-0.25, -0.2) is 14.0 Å². The lowest BCUT2D eigenvalue weighted by molar-refractivity contribution is -0.152. The molecule has 10 nitrogen and oxygen atoms in total. The van der Waals surface area contributed by atoms with Crippen LogP contribution in [-0.4, -0.2) is 51.6 Å². The van der Waals surface area contributed by atoms with Gasteiger partial charge in [-0.05, 0) is 12.1 Å². The van der Waals surface area contributed by atoms with Crippen LogP contribution in [0.25, 0.3) is 0 Å². The average Bonchev–Trinajstić information content (AvgIpc) is 3.02. The fourth-order valence-corrected chi connectivity index (χ4v) is 3.03. The number of aliphatic hydroxyl groups is 1. The number of aliphatic hydroxyl groups excluding tert-OH is 1. The second kappa shape index (κ2) is 9.01. The zero-order valence-corrected chi connectivity index (χ0v) is 15.9. The zero-order valence-electron chi connectivity index (χ0n) is 15.9. The smallest absolute Gasteiger partial charge is 0.351 e. The lowest BCUT2D eigenvalue weighted by atomic mass is 10.1. The van der Waals surface area contributed by atoms with E-state index < -0.39 is 55.4 Å². The zero-order chi connectivity index (χ0) is 21.8. The van der Waals surface area contributed by atoms with Crippen molar-refractivity contribution in [2.24, 2.45) is 0 Å². The van der Waals surface area contributed by atoms with Crippen molar-refractivity contribution in [1.82, 2.24) is 9.55 Å². The number of hydrogen-bond acceptors (Lipinski definition) is 9. The lowest BCUT2D eigenvalue weighted by Gasteiger charge is -2.18. The van der Waals surface area contributed by atoms with Crippen LogP contribution in [0.15, 0.2) is 41.3 Å². The van der Waals surface area contributed by atoms with Gasteiger partial charge in [0.15, 0.2) is 18.5 Å². The SMILES string of the molecule is CC(=O)O[C@H]1[C@@H](F)[C@H](n2cc(CO)c(N)nc2=O)O[C@@H]1COC(=O)c1ccccc1. The first kappa shape index (κ1) is 21.4. The number of benzene rings is 1. The normalized spacial score (nSPS) is 23.2. The molecule has 0 amide bonds. The molecule has 30 heavy (non-hydrogen) atoms. The molecule has 1 aliphatic heterocycles. The van der Waals surface area contributed by atoms with Crippen molar-refractivity contribution in [3.8, 4) is 0 Å². The van der Waals surface area contributed by atoms with Gasteiger partial charge in [0.05, 0.1) is 12.2 Å². The molecule has 1 aliphatic rings. The minimum atomic E-state index is -1.97. The van der Waals surface area contributed by atoms with Crippen LogP contribution in [0.5, 0.6) is 0 Å². The number of ether oxygens (including phenoxy) is 3. The summed E-state index contributed by atoms with van der Waals surface area (Å²) in [6.45, 7) is 0.134. The standard InChI is InChI=1S/C19H20FN3O7/c1-10(25)29-15-13(9-28-18(26)11-5-3-2-4-6-11)30-17(14(15)20)23-7-12(8-24)16(21)22-19(23)27/h2-7,13-15,17,24H,8-9H2,1H3,(H2,21,22,27)/t13-,14-,15-,17-/m1/s1. The maximum absolute atomic E-state index is 15.1. The summed E-state index contributed by atoms with van der Waals surface area (Å²) >= 11 is 0. The summed E-state index contributed by atoms with van der Waals surface area (Å²) in [5.41, 5.74) is 5.00. The molecule has 0 saturated carbocycles.